The van der Waals surface area contributed by atoms with Gasteiger partial charge >= 0.3 is 0 Å². The molecule has 0 aliphatic heterocycles. The van der Waals surface area contributed by atoms with E-state index in [9.17, 15) is 0 Å². The van der Waals surface area contributed by atoms with E-state index < -0.39 is 10.8 Å². The molecule has 0 saturated heterocycles. The Balaban J connectivity index is 0.970. The summed E-state index contributed by atoms with van der Waals surface area (Å²) in [7, 11) is 0. The van der Waals surface area contributed by atoms with Gasteiger partial charge in [0.1, 0.15) is 0 Å². The number of rotatable bonds is 4. The molecule has 5 aliphatic carbocycles. The Morgan fingerprint density at radius 1 is 0.236 bits per heavy atom. The van der Waals surface area contributed by atoms with Crippen molar-refractivity contribution >= 4 is 17.1 Å². The normalized spacial score (nSPS) is 15.1. The van der Waals surface area contributed by atoms with Crippen LogP contribution in [0.1, 0.15) is 69.5 Å². The molecule has 0 fully saturated rings. The van der Waals surface area contributed by atoms with Gasteiger partial charge in [-0.05, 0) is 147 Å². The largest absolute Gasteiger partial charge is 0.310 e. The first-order valence-electron chi connectivity index (χ1n) is 25.5. The summed E-state index contributed by atoms with van der Waals surface area (Å²) in [6.07, 6.45) is 0. The molecule has 0 N–H and O–H groups in total. The van der Waals surface area contributed by atoms with E-state index in [0.29, 0.717) is 0 Å². The van der Waals surface area contributed by atoms with Gasteiger partial charge in [-0.3, -0.25) is 0 Å². The van der Waals surface area contributed by atoms with Gasteiger partial charge in [-0.1, -0.05) is 232 Å². The maximum Gasteiger partial charge on any atom is 0.0725 e. The third-order valence-corrected chi connectivity index (χ3v) is 17.5. The minimum absolute atomic E-state index is 0.127. The van der Waals surface area contributed by atoms with E-state index in [4.69, 9.17) is 0 Å². The maximum absolute atomic E-state index is 2.57. The Bertz CT molecular complexity index is 3880. The number of anilines is 3. The van der Waals surface area contributed by atoms with Gasteiger partial charge in [-0.15, -0.1) is 0 Å². The predicted octanol–water partition coefficient (Wildman–Crippen LogP) is 17.8. The summed E-state index contributed by atoms with van der Waals surface area (Å²) in [5.74, 6) is 0. The molecule has 11 aromatic rings. The first-order valence-corrected chi connectivity index (χ1v) is 25.5. The van der Waals surface area contributed by atoms with Crippen LogP contribution in [0, 0.1) is 0 Å². The second kappa shape index (κ2) is 14.2. The summed E-state index contributed by atoms with van der Waals surface area (Å²) in [5.41, 5.74) is 31.5. The number of nitrogens with zero attached hydrogens (tertiary/aromatic N) is 1. The monoisotopic (exact) mass is 913 g/mol. The van der Waals surface area contributed by atoms with Crippen LogP contribution in [0.15, 0.2) is 249 Å². The van der Waals surface area contributed by atoms with Crippen LogP contribution in [0.2, 0.25) is 0 Å². The van der Waals surface area contributed by atoms with Crippen molar-refractivity contribution in [2.24, 2.45) is 0 Å². The predicted molar refractivity (Wildman–Crippen MR) is 297 cm³/mol. The Hall–Kier alpha value is -8.78. The maximum atomic E-state index is 2.57. The SMILES string of the molecule is CC1(C)c2ccccc2-c2c(-c3ccccc3N(c3ccc4c(c3)-c3ccccc3C43c4ccccc4-c4ccccc43)c3ccc4c(c3)-c3ccccc3C43c4ccccc4-c4ccccc43)cccc21. The first kappa shape index (κ1) is 40.0. The molecule has 72 heavy (non-hydrogen) atoms. The Labute approximate surface area is 421 Å². The highest BCUT2D eigenvalue weighted by molar-refractivity contribution is 6.02. The molecule has 0 radical (unpaired) electrons. The fraction of sp³-hybridized carbons (Fsp3) is 0.0704. The number of fused-ring (bicyclic) bond motifs is 23. The molecule has 336 valence electrons. The average molecular weight is 914 g/mol. The van der Waals surface area contributed by atoms with Gasteiger partial charge in [0.25, 0.3) is 0 Å². The lowest BCUT2D eigenvalue weighted by Crippen LogP contribution is -2.26. The van der Waals surface area contributed by atoms with Crippen molar-refractivity contribution in [3.63, 3.8) is 0 Å². The third-order valence-electron chi connectivity index (χ3n) is 17.5. The zero-order chi connectivity index (χ0) is 47.5. The van der Waals surface area contributed by atoms with Crippen LogP contribution in [0.4, 0.5) is 17.1 Å². The van der Waals surface area contributed by atoms with Crippen molar-refractivity contribution in [2.75, 3.05) is 4.90 Å². The third kappa shape index (κ3) is 4.79. The minimum atomic E-state index is -0.426. The fourth-order valence-electron chi connectivity index (χ4n) is 14.8. The van der Waals surface area contributed by atoms with Crippen molar-refractivity contribution in [2.45, 2.75) is 30.1 Å². The molecule has 0 bridgehead atoms. The van der Waals surface area contributed by atoms with Gasteiger partial charge in [0, 0.05) is 22.4 Å². The first-order chi connectivity index (χ1) is 35.5. The molecule has 16 rings (SSSR count). The molecule has 0 aromatic heterocycles. The lowest BCUT2D eigenvalue weighted by Gasteiger charge is -2.32. The topological polar surface area (TPSA) is 3.24 Å². The van der Waals surface area contributed by atoms with Gasteiger partial charge < -0.3 is 4.90 Å². The van der Waals surface area contributed by atoms with Crippen molar-refractivity contribution < 1.29 is 0 Å². The smallest absolute Gasteiger partial charge is 0.0725 e. The van der Waals surface area contributed by atoms with Gasteiger partial charge in [0.05, 0.1) is 16.5 Å². The van der Waals surface area contributed by atoms with Crippen LogP contribution in [-0.4, -0.2) is 0 Å². The van der Waals surface area contributed by atoms with Crippen molar-refractivity contribution in [3.05, 3.63) is 304 Å². The summed E-state index contributed by atoms with van der Waals surface area (Å²) in [4.78, 5) is 2.57. The lowest BCUT2D eigenvalue weighted by molar-refractivity contribution is 0.660. The Morgan fingerprint density at radius 3 is 0.972 bits per heavy atom. The van der Waals surface area contributed by atoms with E-state index >= 15 is 0 Å². The van der Waals surface area contributed by atoms with Crippen LogP contribution in [0.25, 0.3) is 66.8 Å². The zero-order valence-electron chi connectivity index (χ0n) is 40.1. The molecule has 0 saturated carbocycles. The van der Waals surface area contributed by atoms with Gasteiger partial charge in [0.2, 0.25) is 0 Å². The van der Waals surface area contributed by atoms with Crippen LogP contribution in [0.5, 0.6) is 0 Å². The Morgan fingerprint density at radius 2 is 0.542 bits per heavy atom. The Kier molecular flexibility index (Phi) is 7.88. The van der Waals surface area contributed by atoms with E-state index in [0.717, 1.165) is 17.1 Å². The fourth-order valence-corrected chi connectivity index (χ4v) is 14.8. The molecule has 1 heteroatoms. The van der Waals surface area contributed by atoms with Crippen LogP contribution in [-0.2, 0) is 16.2 Å². The summed E-state index contributed by atoms with van der Waals surface area (Å²) in [5, 5.41) is 0. The summed E-state index contributed by atoms with van der Waals surface area (Å²) in [6, 6.07) is 94.6. The van der Waals surface area contributed by atoms with E-state index in [-0.39, 0.29) is 5.41 Å². The number of hydrogen-bond donors (Lipinski definition) is 0. The molecular weight excluding hydrogens is 867 g/mol. The molecule has 1 nitrogen and oxygen atoms in total. The average Bonchev–Trinajstić information content (AvgIpc) is 4.17. The zero-order valence-corrected chi connectivity index (χ0v) is 40.1. The second-order valence-corrected chi connectivity index (χ2v) is 21.0. The van der Waals surface area contributed by atoms with Gasteiger partial charge in [0.15, 0.2) is 0 Å². The molecule has 0 unspecified atom stereocenters. The van der Waals surface area contributed by atoms with E-state index in [1.807, 2.05) is 0 Å². The molecule has 2 spiro atoms. The second-order valence-electron chi connectivity index (χ2n) is 21.0. The highest BCUT2D eigenvalue weighted by Gasteiger charge is 2.53. The van der Waals surface area contributed by atoms with Crippen molar-refractivity contribution in [1.82, 2.24) is 0 Å². The highest BCUT2D eigenvalue weighted by atomic mass is 15.1. The van der Waals surface area contributed by atoms with E-state index in [2.05, 4.69) is 267 Å². The van der Waals surface area contributed by atoms with Crippen molar-refractivity contribution in [3.8, 4) is 66.8 Å². The van der Waals surface area contributed by atoms with Crippen molar-refractivity contribution in [1.29, 1.82) is 0 Å². The quantitative estimate of drug-likeness (QED) is 0.170. The van der Waals surface area contributed by atoms with Crippen LogP contribution >= 0.6 is 0 Å². The molecule has 5 aliphatic rings. The standard InChI is InChI=1S/C71H47N/c1-69(2)57-29-11-9-27-54(57)68-53(28-19-36-66(68)69)52-26-10-18-37-67(52)72(44-38-40-64-55(42-44)50-24-7-16-34-62(50)70(64)58-30-12-3-20-46(58)47-21-4-13-31-59(47)70)45-39-41-65-56(43-45)51-25-8-17-35-63(51)71(65)60-32-14-5-22-48(60)49-23-6-15-33-61(49)71/h3-43H,1-2H3. The minimum Gasteiger partial charge on any atom is -0.310 e. The van der Waals surface area contributed by atoms with Crippen LogP contribution < -0.4 is 4.90 Å². The number of hydrogen-bond acceptors (Lipinski definition) is 1. The van der Waals surface area contributed by atoms with E-state index in [1.165, 1.54) is 122 Å². The summed E-state index contributed by atoms with van der Waals surface area (Å²) < 4.78 is 0. The molecule has 11 aromatic carbocycles. The lowest BCUT2D eigenvalue weighted by atomic mass is 9.70. The molecule has 0 heterocycles. The summed E-state index contributed by atoms with van der Waals surface area (Å²) in [6.45, 7) is 4.76. The molecule has 0 atom stereocenters. The highest BCUT2D eigenvalue weighted by Crippen LogP contribution is 2.66. The van der Waals surface area contributed by atoms with Crippen LogP contribution in [0.3, 0.4) is 0 Å². The van der Waals surface area contributed by atoms with E-state index in [1.54, 1.807) is 0 Å². The summed E-state index contributed by atoms with van der Waals surface area (Å²) >= 11 is 0. The molecule has 0 amide bonds. The van der Waals surface area contributed by atoms with Gasteiger partial charge in [-0.25, -0.2) is 0 Å². The number of para-hydroxylation sites is 1. The number of benzene rings is 11. The molecular formula is C71H47N. The van der Waals surface area contributed by atoms with Gasteiger partial charge in [-0.2, -0.15) is 0 Å².